The number of hydrogen-bond acceptors (Lipinski definition) is 3. The lowest BCUT2D eigenvalue weighted by Gasteiger charge is -2.37. The lowest BCUT2D eigenvalue weighted by Crippen LogP contribution is -2.55. The van der Waals surface area contributed by atoms with E-state index in [0.717, 1.165) is 25.3 Å². The quantitative estimate of drug-likeness (QED) is 0.832. The van der Waals surface area contributed by atoms with Crippen LogP contribution in [0.25, 0.3) is 10.9 Å². The summed E-state index contributed by atoms with van der Waals surface area (Å²) < 4.78 is 7.51. The van der Waals surface area contributed by atoms with E-state index in [0.29, 0.717) is 0 Å². The Morgan fingerprint density at radius 3 is 2.52 bits per heavy atom. The van der Waals surface area contributed by atoms with E-state index in [2.05, 4.69) is 55.6 Å². The molecule has 116 valence electrons. The van der Waals surface area contributed by atoms with E-state index in [1.165, 1.54) is 16.5 Å². The zero-order chi connectivity index (χ0) is 15.6. The molecule has 1 heterocycles. The van der Waals surface area contributed by atoms with Gasteiger partial charge in [-0.3, -0.25) is 4.90 Å². The van der Waals surface area contributed by atoms with Crippen molar-refractivity contribution in [3.05, 3.63) is 30.0 Å². The molecular weight excluding hydrogens is 262 g/mol. The van der Waals surface area contributed by atoms with Gasteiger partial charge in [0, 0.05) is 30.6 Å². The number of likely N-dealkylation sites (N-methyl/N-ethyl adjacent to an activating group) is 1. The lowest BCUT2D eigenvalue weighted by molar-refractivity contribution is 0.123. The van der Waals surface area contributed by atoms with Crippen LogP contribution in [0.3, 0.4) is 0 Å². The Morgan fingerprint density at radius 2 is 1.95 bits per heavy atom. The molecule has 4 heteroatoms. The molecule has 0 amide bonds. The van der Waals surface area contributed by atoms with Crippen LogP contribution in [0.15, 0.2) is 24.4 Å². The Morgan fingerprint density at radius 1 is 1.29 bits per heavy atom. The first-order valence-corrected chi connectivity index (χ1v) is 7.58. The van der Waals surface area contributed by atoms with Crippen molar-refractivity contribution in [1.82, 2.24) is 9.47 Å². The van der Waals surface area contributed by atoms with E-state index in [1.54, 1.807) is 7.11 Å². The first-order chi connectivity index (χ1) is 9.92. The van der Waals surface area contributed by atoms with Gasteiger partial charge in [0.2, 0.25) is 0 Å². The van der Waals surface area contributed by atoms with Gasteiger partial charge in [-0.15, -0.1) is 0 Å². The molecule has 0 spiro atoms. The normalized spacial score (nSPS) is 14.6. The number of nitrogens with zero attached hydrogens (tertiary/aromatic N) is 2. The minimum Gasteiger partial charge on any atom is -0.497 e. The predicted octanol–water partition coefficient (Wildman–Crippen LogP) is 2.75. The number of hydrogen-bond donors (Lipinski definition) is 1. The number of ether oxygens (including phenoxy) is 1. The summed E-state index contributed by atoms with van der Waals surface area (Å²) in [6.07, 6.45) is 3.00. The van der Waals surface area contributed by atoms with Crippen LogP contribution in [-0.4, -0.2) is 35.3 Å². The fourth-order valence-electron chi connectivity index (χ4n) is 3.16. The maximum Gasteiger partial charge on any atom is 0.119 e. The third-order valence-electron chi connectivity index (χ3n) is 4.31. The molecular formula is C17H27N3O. The molecule has 0 saturated carbocycles. The second kappa shape index (κ2) is 6.08. The van der Waals surface area contributed by atoms with Crippen LogP contribution < -0.4 is 10.5 Å². The summed E-state index contributed by atoms with van der Waals surface area (Å²) in [6, 6.07) is 6.20. The Hall–Kier alpha value is -1.52. The highest BCUT2D eigenvalue weighted by molar-refractivity contribution is 5.85. The van der Waals surface area contributed by atoms with E-state index >= 15 is 0 Å². The molecule has 0 bridgehead atoms. The van der Waals surface area contributed by atoms with Crippen LogP contribution in [0, 0.1) is 0 Å². The second-order valence-corrected chi connectivity index (χ2v) is 5.85. The minimum atomic E-state index is -0.346. The zero-order valence-corrected chi connectivity index (χ0v) is 13.8. The van der Waals surface area contributed by atoms with Crippen LogP contribution in [0.1, 0.15) is 26.3 Å². The summed E-state index contributed by atoms with van der Waals surface area (Å²) in [5, 5.41) is 1.22. The Balaban J connectivity index is 2.42. The summed E-state index contributed by atoms with van der Waals surface area (Å²) in [6.45, 7) is 8.33. The molecule has 2 rings (SSSR count). The van der Waals surface area contributed by atoms with Gasteiger partial charge in [0.15, 0.2) is 0 Å². The number of rotatable bonds is 6. The average Bonchev–Trinajstić information content (AvgIpc) is 2.75. The highest BCUT2D eigenvalue weighted by atomic mass is 16.5. The van der Waals surface area contributed by atoms with Crippen LogP contribution >= 0.6 is 0 Å². The first-order valence-electron chi connectivity index (χ1n) is 7.58. The number of aromatic nitrogens is 1. The van der Waals surface area contributed by atoms with E-state index in [-0.39, 0.29) is 5.66 Å². The van der Waals surface area contributed by atoms with Gasteiger partial charge in [-0.05, 0) is 43.8 Å². The van der Waals surface area contributed by atoms with Crippen molar-refractivity contribution >= 4 is 10.9 Å². The maximum absolute atomic E-state index is 6.57. The molecule has 1 aromatic heterocycles. The number of fused-ring (bicyclic) bond motifs is 1. The smallest absolute Gasteiger partial charge is 0.119 e. The van der Waals surface area contributed by atoms with Crippen molar-refractivity contribution in [2.24, 2.45) is 12.8 Å². The maximum atomic E-state index is 6.57. The van der Waals surface area contributed by atoms with E-state index in [4.69, 9.17) is 10.5 Å². The number of methoxy groups -OCH3 is 1. The third-order valence-corrected chi connectivity index (χ3v) is 4.31. The molecule has 4 nitrogen and oxygen atoms in total. The standard InChI is InChI=1S/C17H27N3O/c1-6-20(7-2)17(3,18)11-13-12-19(4)16-9-8-14(21-5)10-15(13)16/h8-10,12H,6-7,11,18H2,1-5H3. The molecule has 0 radical (unpaired) electrons. The summed E-state index contributed by atoms with van der Waals surface area (Å²) in [5.74, 6) is 0.886. The summed E-state index contributed by atoms with van der Waals surface area (Å²) in [7, 11) is 3.77. The van der Waals surface area contributed by atoms with Gasteiger partial charge in [-0.25, -0.2) is 0 Å². The monoisotopic (exact) mass is 289 g/mol. The lowest BCUT2D eigenvalue weighted by atomic mass is 9.99. The van der Waals surface area contributed by atoms with Gasteiger partial charge in [-0.1, -0.05) is 13.8 Å². The molecule has 21 heavy (non-hydrogen) atoms. The van der Waals surface area contributed by atoms with Gasteiger partial charge in [0.05, 0.1) is 12.8 Å². The number of nitrogens with two attached hydrogens (primary N) is 1. The highest BCUT2D eigenvalue weighted by Gasteiger charge is 2.26. The number of benzene rings is 1. The third kappa shape index (κ3) is 3.06. The zero-order valence-electron chi connectivity index (χ0n) is 13.8. The predicted molar refractivity (Wildman–Crippen MR) is 88.7 cm³/mol. The number of aryl methyl sites for hydroxylation is 1. The van der Waals surface area contributed by atoms with Crippen molar-refractivity contribution in [2.75, 3.05) is 20.2 Å². The Kier molecular flexibility index (Phi) is 4.59. The molecule has 0 aliphatic rings. The highest BCUT2D eigenvalue weighted by Crippen LogP contribution is 2.28. The molecule has 2 aromatic rings. The topological polar surface area (TPSA) is 43.4 Å². The van der Waals surface area contributed by atoms with Gasteiger partial charge in [0.1, 0.15) is 5.75 Å². The average molecular weight is 289 g/mol. The largest absolute Gasteiger partial charge is 0.497 e. The molecule has 0 aliphatic carbocycles. The molecule has 0 fully saturated rings. The van der Waals surface area contributed by atoms with Gasteiger partial charge >= 0.3 is 0 Å². The van der Waals surface area contributed by atoms with Crippen LogP contribution in [0.4, 0.5) is 0 Å². The molecule has 2 N–H and O–H groups in total. The van der Waals surface area contributed by atoms with E-state index < -0.39 is 0 Å². The van der Waals surface area contributed by atoms with Crippen molar-refractivity contribution in [3.63, 3.8) is 0 Å². The van der Waals surface area contributed by atoms with Crippen molar-refractivity contribution in [2.45, 2.75) is 32.9 Å². The molecule has 1 unspecified atom stereocenters. The fourth-order valence-corrected chi connectivity index (χ4v) is 3.16. The van der Waals surface area contributed by atoms with Crippen molar-refractivity contribution < 1.29 is 4.74 Å². The second-order valence-electron chi connectivity index (χ2n) is 5.85. The fraction of sp³-hybridized carbons (Fsp3) is 0.529. The van der Waals surface area contributed by atoms with Crippen LogP contribution in [-0.2, 0) is 13.5 Å². The van der Waals surface area contributed by atoms with Gasteiger partial charge in [-0.2, -0.15) is 0 Å². The van der Waals surface area contributed by atoms with Gasteiger partial charge in [0.25, 0.3) is 0 Å². The van der Waals surface area contributed by atoms with Gasteiger partial charge < -0.3 is 15.0 Å². The molecule has 1 aromatic carbocycles. The SMILES string of the molecule is CCN(CC)C(C)(N)Cc1cn(C)c2ccc(OC)cc12. The van der Waals surface area contributed by atoms with E-state index in [1.807, 2.05) is 6.07 Å². The molecule has 1 atom stereocenters. The molecule has 0 saturated heterocycles. The Labute approximate surface area is 127 Å². The van der Waals surface area contributed by atoms with Crippen molar-refractivity contribution in [3.8, 4) is 5.75 Å². The van der Waals surface area contributed by atoms with E-state index in [9.17, 15) is 0 Å². The summed E-state index contributed by atoms with van der Waals surface area (Å²) in [5.41, 5.74) is 8.70. The van der Waals surface area contributed by atoms with Crippen molar-refractivity contribution in [1.29, 1.82) is 0 Å². The first kappa shape index (κ1) is 15.9. The Bertz CT molecular complexity index is 612. The molecule has 0 aliphatic heterocycles. The summed E-state index contributed by atoms with van der Waals surface area (Å²) >= 11 is 0. The minimum absolute atomic E-state index is 0.346. The van der Waals surface area contributed by atoms with Crippen LogP contribution in [0.5, 0.6) is 5.75 Å². The van der Waals surface area contributed by atoms with Crippen LogP contribution in [0.2, 0.25) is 0 Å². The summed E-state index contributed by atoms with van der Waals surface area (Å²) in [4.78, 5) is 2.30.